The van der Waals surface area contributed by atoms with Gasteiger partial charge in [0.15, 0.2) is 12.2 Å². The molecule has 0 aromatic heterocycles. The number of aliphatic hydroxyl groups is 1. The first-order valence-corrected chi connectivity index (χ1v) is 51.1. The summed E-state index contributed by atoms with van der Waals surface area (Å²) < 4.78 is 69.2. The third-order valence-electron chi connectivity index (χ3n) is 22.0. The Bertz CT molecular complexity index is 2120. The summed E-state index contributed by atoms with van der Waals surface area (Å²) in [6.45, 7) is 7.45. The summed E-state index contributed by atoms with van der Waals surface area (Å²) in [7, 11) is -9.94. The Balaban J connectivity index is 5.25. The molecule has 17 nitrogen and oxygen atoms in total. The van der Waals surface area contributed by atoms with Crippen LogP contribution in [0.15, 0.2) is 0 Å². The van der Waals surface area contributed by atoms with Crippen molar-refractivity contribution in [2.45, 2.75) is 528 Å². The van der Waals surface area contributed by atoms with E-state index in [2.05, 4.69) is 34.6 Å². The minimum Gasteiger partial charge on any atom is -0.462 e. The average molecular weight is 1630 g/mol. The molecule has 19 heteroatoms. The number of phosphoric acid groups is 2. The SMILES string of the molecule is CCCCCCCCCCCCCCCCCCCCCC(=O)OC[C@H](COP(=O)(O)OC[C@@H](O)COP(=O)(O)OC[C@@H](COC(=O)CCCCCCCCCCCCCCC)OC(=O)CCCCCCCCCCCCCCCCCCCCC)OC(=O)CCCCCCCCCCCCCCCCCCCCC(C)C. The summed E-state index contributed by atoms with van der Waals surface area (Å²) in [5.41, 5.74) is 0. The molecule has 0 aromatic carbocycles. The third kappa shape index (κ3) is 85.9. The monoisotopic (exact) mass is 1630 g/mol. The molecule has 0 spiro atoms. The number of aliphatic hydroxyl groups excluding tert-OH is 1. The normalized spacial score (nSPS) is 13.7. The summed E-state index contributed by atoms with van der Waals surface area (Å²) in [5.74, 6) is -1.27. The molecule has 3 N–H and O–H groups in total. The van der Waals surface area contributed by atoms with E-state index in [0.717, 1.165) is 95.8 Å². The Hall–Kier alpha value is -1.94. The van der Waals surface area contributed by atoms with Crippen LogP contribution in [-0.2, 0) is 65.4 Å². The predicted molar refractivity (Wildman–Crippen MR) is 465 cm³/mol. The minimum atomic E-state index is -4.97. The number of hydrogen-bond donors (Lipinski definition) is 3. The summed E-state index contributed by atoms with van der Waals surface area (Å²) in [5, 5.41) is 10.7. The largest absolute Gasteiger partial charge is 0.472 e. The second-order valence-electron chi connectivity index (χ2n) is 33.9. The quantitative estimate of drug-likeness (QED) is 0.0222. The minimum absolute atomic E-state index is 0.110. The van der Waals surface area contributed by atoms with E-state index in [1.807, 2.05) is 0 Å². The molecule has 0 aliphatic carbocycles. The maximum atomic E-state index is 13.2. The topological polar surface area (TPSA) is 237 Å². The number of ether oxygens (including phenoxy) is 4. The van der Waals surface area contributed by atoms with Gasteiger partial charge in [0.2, 0.25) is 0 Å². The lowest BCUT2D eigenvalue weighted by atomic mass is 10.0. The third-order valence-corrected chi connectivity index (χ3v) is 23.9. The molecule has 0 rings (SSSR count). The van der Waals surface area contributed by atoms with Crippen molar-refractivity contribution >= 4 is 39.5 Å². The van der Waals surface area contributed by atoms with Crippen molar-refractivity contribution in [3.8, 4) is 0 Å². The fraction of sp³-hybridized carbons (Fsp3) is 0.957. The Morgan fingerprint density at radius 3 is 0.607 bits per heavy atom. The van der Waals surface area contributed by atoms with Gasteiger partial charge in [0.25, 0.3) is 0 Å². The maximum absolute atomic E-state index is 13.2. The summed E-state index contributed by atoms with van der Waals surface area (Å²) in [4.78, 5) is 73.5. The lowest BCUT2D eigenvalue weighted by Crippen LogP contribution is -2.30. The van der Waals surface area contributed by atoms with E-state index < -0.39 is 97.5 Å². The first kappa shape index (κ1) is 110. The van der Waals surface area contributed by atoms with E-state index in [1.54, 1.807) is 0 Å². The molecule has 0 radical (unpaired) electrons. The Morgan fingerprint density at radius 1 is 0.241 bits per heavy atom. The van der Waals surface area contributed by atoms with Gasteiger partial charge in [-0.1, -0.05) is 458 Å². The number of hydrogen-bond acceptors (Lipinski definition) is 15. The van der Waals surface area contributed by atoms with Gasteiger partial charge >= 0.3 is 39.5 Å². The molecule has 0 saturated carbocycles. The summed E-state index contributed by atoms with van der Waals surface area (Å²) in [6.07, 6.45) is 82.0. The van der Waals surface area contributed by atoms with E-state index in [1.165, 1.54) is 334 Å². The zero-order chi connectivity index (χ0) is 81.8. The highest BCUT2D eigenvalue weighted by Gasteiger charge is 2.31. The van der Waals surface area contributed by atoms with Crippen molar-refractivity contribution in [1.82, 2.24) is 0 Å². The molecule has 0 aliphatic heterocycles. The van der Waals surface area contributed by atoms with Gasteiger partial charge in [-0.2, -0.15) is 0 Å². The summed E-state index contributed by atoms with van der Waals surface area (Å²) >= 11 is 0. The van der Waals surface area contributed by atoms with Crippen LogP contribution in [0.1, 0.15) is 510 Å². The van der Waals surface area contributed by atoms with Crippen molar-refractivity contribution in [3.63, 3.8) is 0 Å². The van der Waals surface area contributed by atoms with Crippen LogP contribution in [0.2, 0.25) is 0 Å². The Morgan fingerprint density at radius 2 is 0.411 bits per heavy atom. The standard InChI is InChI=1S/C93H182O17P2/c1-6-9-12-15-18-21-24-27-29-31-33-38-42-47-52-57-62-67-72-77-91(96)104-83-89(110-93(98)79-74-69-64-59-54-49-44-40-36-35-37-41-46-50-55-60-65-70-75-86(4)5)85-108-112(101,102)106-81-87(94)80-105-111(99,100)107-84-88(82-103-90(95)76-71-66-61-56-51-45-26-23-20-17-14-11-8-3)109-92(97)78-73-68-63-58-53-48-43-39-34-32-30-28-25-22-19-16-13-10-7-2/h86-89,94H,6-85H2,1-5H3,(H,99,100)(H,101,102)/t87-,88+,89+/m0/s1. The van der Waals surface area contributed by atoms with Crippen LogP contribution in [-0.4, -0.2) is 96.7 Å². The highest BCUT2D eigenvalue weighted by molar-refractivity contribution is 7.47. The van der Waals surface area contributed by atoms with E-state index in [-0.39, 0.29) is 25.7 Å². The summed E-state index contributed by atoms with van der Waals surface area (Å²) in [6, 6.07) is 0. The molecule has 0 bridgehead atoms. The van der Waals surface area contributed by atoms with Crippen molar-refractivity contribution in [1.29, 1.82) is 0 Å². The highest BCUT2D eigenvalue weighted by atomic mass is 31.2. The Kier molecular flexibility index (Phi) is 84.0. The number of esters is 4. The van der Waals surface area contributed by atoms with E-state index in [0.29, 0.717) is 25.7 Å². The van der Waals surface area contributed by atoms with Gasteiger partial charge in [0.05, 0.1) is 26.4 Å². The van der Waals surface area contributed by atoms with Gasteiger partial charge in [0, 0.05) is 25.7 Å². The van der Waals surface area contributed by atoms with Gasteiger partial charge in [-0.05, 0) is 31.6 Å². The molecule has 0 aromatic rings. The van der Waals surface area contributed by atoms with Gasteiger partial charge in [0.1, 0.15) is 19.3 Å². The number of unbranched alkanes of at least 4 members (excludes halogenated alkanes) is 65. The van der Waals surface area contributed by atoms with Gasteiger partial charge in [-0.15, -0.1) is 0 Å². The van der Waals surface area contributed by atoms with Gasteiger partial charge < -0.3 is 33.8 Å². The van der Waals surface area contributed by atoms with Crippen LogP contribution in [0.25, 0.3) is 0 Å². The lowest BCUT2D eigenvalue weighted by molar-refractivity contribution is -0.161. The smallest absolute Gasteiger partial charge is 0.462 e. The highest BCUT2D eigenvalue weighted by Crippen LogP contribution is 2.45. The Labute approximate surface area is 689 Å². The zero-order valence-electron chi connectivity index (χ0n) is 73.8. The molecular weight excluding hydrogens is 1450 g/mol. The molecule has 5 atom stereocenters. The number of carbonyl (C=O) groups excluding carboxylic acids is 4. The number of phosphoric ester groups is 2. The molecule has 0 amide bonds. The number of rotatable bonds is 93. The van der Waals surface area contributed by atoms with Crippen molar-refractivity contribution < 1.29 is 80.2 Å². The lowest BCUT2D eigenvalue weighted by Gasteiger charge is -2.21. The van der Waals surface area contributed by atoms with Gasteiger partial charge in [-0.25, -0.2) is 9.13 Å². The number of carbonyl (C=O) groups is 4. The van der Waals surface area contributed by atoms with Crippen LogP contribution in [0, 0.1) is 5.92 Å². The molecule has 0 heterocycles. The fourth-order valence-corrected chi connectivity index (χ4v) is 16.3. The second-order valence-corrected chi connectivity index (χ2v) is 36.8. The van der Waals surface area contributed by atoms with Crippen molar-refractivity contribution in [2.75, 3.05) is 39.6 Å². The molecule has 0 fully saturated rings. The fourth-order valence-electron chi connectivity index (χ4n) is 14.7. The van der Waals surface area contributed by atoms with Crippen molar-refractivity contribution in [2.24, 2.45) is 5.92 Å². The molecule has 0 aliphatic rings. The van der Waals surface area contributed by atoms with Crippen molar-refractivity contribution in [3.05, 3.63) is 0 Å². The first-order valence-electron chi connectivity index (χ1n) is 48.1. The van der Waals surface area contributed by atoms with E-state index >= 15 is 0 Å². The van der Waals surface area contributed by atoms with Crippen LogP contribution in [0.4, 0.5) is 0 Å². The van der Waals surface area contributed by atoms with E-state index in [9.17, 15) is 43.2 Å². The first-order chi connectivity index (χ1) is 54.5. The predicted octanol–water partition coefficient (Wildman–Crippen LogP) is 29.1. The van der Waals surface area contributed by atoms with Crippen LogP contribution in [0.3, 0.4) is 0 Å². The molecule has 112 heavy (non-hydrogen) atoms. The molecule has 666 valence electrons. The molecule has 2 unspecified atom stereocenters. The maximum Gasteiger partial charge on any atom is 0.472 e. The molecule has 0 saturated heterocycles. The zero-order valence-corrected chi connectivity index (χ0v) is 75.6. The second kappa shape index (κ2) is 85.5. The van der Waals surface area contributed by atoms with E-state index in [4.69, 9.17) is 37.0 Å². The van der Waals surface area contributed by atoms with Gasteiger partial charge in [-0.3, -0.25) is 37.3 Å². The average Bonchev–Trinajstić information content (AvgIpc) is 0.893. The molecular formula is C93H182O17P2. The van der Waals surface area contributed by atoms with Crippen LogP contribution >= 0.6 is 15.6 Å². The van der Waals surface area contributed by atoms with Crippen LogP contribution in [0.5, 0.6) is 0 Å². The van der Waals surface area contributed by atoms with Crippen LogP contribution < -0.4 is 0 Å².